The quantitative estimate of drug-likeness (QED) is 0.112. The maximum Gasteiger partial charge on any atom is 0.336 e. The van der Waals surface area contributed by atoms with Gasteiger partial charge >= 0.3 is 5.63 Å². The molecule has 0 amide bonds. The Morgan fingerprint density at radius 2 is 1.20 bits per heavy atom. The molecule has 18 heteroatoms. The number of aliphatic hydroxyl groups excluding tert-OH is 10. The Hall–Kier alpha value is -2.37. The Kier molecular flexibility index (Phi) is 10.9. The van der Waals surface area contributed by atoms with Crippen LogP contribution in [0.2, 0.25) is 0 Å². The van der Waals surface area contributed by atoms with Crippen LogP contribution in [0.5, 0.6) is 5.75 Å². The van der Waals surface area contributed by atoms with Crippen LogP contribution in [0.3, 0.4) is 0 Å². The van der Waals surface area contributed by atoms with E-state index in [0.29, 0.717) is 10.9 Å². The van der Waals surface area contributed by atoms with E-state index in [2.05, 4.69) is 0 Å². The van der Waals surface area contributed by atoms with E-state index in [0.717, 1.165) is 0 Å². The fourth-order valence-electron chi connectivity index (χ4n) is 5.65. The molecule has 4 heterocycles. The molecule has 0 radical (unpaired) electrons. The summed E-state index contributed by atoms with van der Waals surface area (Å²) < 4.78 is 38.5. The summed E-state index contributed by atoms with van der Waals surface area (Å²) >= 11 is 0. The SMILES string of the molecule is Cc1cc(=O)oc2cc(O[C@@H]3O[C@H](CO)[C@@H](O)[C@H](O[C@@H]4O[C@H](CO)[C@@H](O[C@@H]5O[C@H](CO)[C@@H](O)[C@H](O)[C@H]5O)[C@H](O)[C@H]4O)[C@H]3O)ccc12. The summed E-state index contributed by atoms with van der Waals surface area (Å²) in [7, 11) is 0. The summed E-state index contributed by atoms with van der Waals surface area (Å²) in [6.07, 6.45) is -25.4. The van der Waals surface area contributed by atoms with Gasteiger partial charge in [0.25, 0.3) is 0 Å². The summed E-state index contributed by atoms with van der Waals surface area (Å²) in [5.74, 6) is 0.0787. The molecule has 10 N–H and O–H groups in total. The lowest BCUT2D eigenvalue weighted by Crippen LogP contribution is -2.67. The van der Waals surface area contributed by atoms with E-state index in [1.54, 1.807) is 13.0 Å². The highest BCUT2D eigenvalue weighted by Crippen LogP contribution is 2.33. The van der Waals surface area contributed by atoms with Crippen molar-refractivity contribution in [2.45, 2.75) is 99.0 Å². The highest BCUT2D eigenvalue weighted by Gasteiger charge is 2.53. The lowest BCUT2D eigenvalue weighted by atomic mass is 9.96. The topological polar surface area (TPSA) is 288 Å². The second-order valence-electron chi connectivity index (χ2n) is 11.3. The number of fused-ring (bicyclic) bond motifs is 1. The molecule has 0 aliphatic carbocycles. The average Bonchev–Trinajstić information content (AvgIpc) is 3.03. The molecule has 15 atom stereocenters. The van der Waals surface area contributed by atoms with Crippen LogP contribution in [0.4, 0.5) is 0 Å². The second kappa shape index (κ2) is 14.4. The van der Waals surface area contributed by atoms with Crippen LogP contribution in [0.25, 0.3) is 11.0 Å². The van der Waals surface area contributed by atoms with Gasteiger partial charge in [-0.15, -0.1) is 0 Å². The Bertz CT molecular complexity index is 1370. The van der Waals surface area contributed by atoms with Crippen LogP contribution in [0.15, 0.2) is 33.5 Å². The predicted octanol–water partition coefficient (Wildman–Crippen LogP) is -5.07. The van der Waals surface area contributed by atoms with E-state index in [-0.39, 0.29) is 11.3 Å². The molecule has 3 fully saturated rings. The number of benzene rings is 1. The van der Waals surface area contributed by atoms with Gasteiger partial charge in [0, 0.05) is 17.5 Å². The molecule has 2 aromatic rings. The first kappa shape index (κ1) is 35.0. The number of hydrogen-bond acceptors (Lipinski definition) is 18. The minimum atomic E-state index is -1.97. The van der Waals surface area contributed by atoms with Crippen LogP contribution >= 0.6 is 0 Å². The van der Waals surface area contributed by atoms with Crippen molar-refractivity contribution in [3.63, 3.8) is 0 Å². The maximum atomic E-state index is 11.8. The number of aliphatic hydroxyl groups is 10. The van der Waals surface area contributed by atoms with Crippen molar-refractivity contribution < 1.29 is 83.9 Å². The normalized spacial score (nSPS) is 41.8. The van der Waals surface area contributed by atoms with Gasteiger partial charge in [-0.3, -0.25) is 0 Å². The fourth-order valence-corrected chi connectivity index (χ4v) is 5.65. The van der Waals surface area contributed by atoms with Crippen LogP contribution in [-0.2, 0) is 23.7 Å². The molecule has 0 saturated carbocycles. The molecular weight excluding hydrogens is 624 g/mol. The third-order valence-electron chi connectivity index (χ3n) is 8.25. The molecule has 3 saturated heterocycles. The Labute approximate surface area is 260 Å². The van der Waals surface area contributed by atoms with Gasteiger partial charge in [0.1, 0.15) is 84.6 Å². The summed E-state index contributed by atoms with van der Waals surface area (Å²) in [6, 6.07) is 5.80. The molecule has 5 rings (SSSR count). The van der Waals surface area contributed by atoms with Crippen molar-refractivity contribution >= 4 is 11.0 Å². The van der Waals surface area contributed by atoms with Gasteiger partial charge in [-0.25, -0.2) is 4.79 Å². The first-order valence-corrected chi connectivity index (χ1v) is 14.5. The number of hydrogen-bond donors (Lipinski definition) is 10. The Balaban J connectivity index is 1.31. The minimum absolute atomic E-state index is 0.0787. The number of ether oxygens (including phenoxy) is 6. The molecule has 258 valence electrons. The minimum Gasteiger partial charge on any atom is -0.462 e. The Morgan fingerprint density at radius 3 is 1.85 bits per heavy atom. The van der Waals surface area contributed by atoms with E-state index >= 15 is 0 Å². The van der Waals surface area contributed by atoms with Crippen LogP contribution in [0, 0.1) is 6.92 Å². The summed E-state index contributed by atoms with van der Waals surface area (Å²) in [5, 5.41) is 104. The zero-order valence-corrected chi connectivity index (χ0v) is 24.3. The lowest BCUT2D eigenvalue weighted by Gasteiger charge is -2.48. The van der Waals surface area contributed by atoms with Gasteiger partial charge in [-0.1, -0.05) is 0 Å². The van der Waals surface area contributed by atoms with Crippen molar-refractivity contribution in [3.8, 4) is 5.75 Å². The molecule has 0 spiro atoms. The zero-order chi connectivity index (χ0) is 33.4. The molecule has 3 aliphatic rings. The molecule has 1 aromatic heterocycles. The molecule has 0 bridgehead atoms. The smallest absolute Gasteiger partial charge is 0.336 e. The first-order valence-electron chi connectivity index (χ1n) is 14.5. The van der Waals surface area contributed by atoms with Crippen molar-refractivity contribution in [3.05, 3.63) is 40.2 Å². The van der Waals surface area contributed by atoms with E-state index < -0.39 is 118 Å². The predicted molar refractivity (Wildman–Crippen MR) is 147 cm³/mol. The third-order valence-corrected chi connectivity index (χ3v) is 8.25. The Morgan fingerprint density at radius 1 is 0.630 bits per heavy atom. The monoisotopic (exact) mass is 662 g/mol. The van der Waals surface area contributed by atoms with Crippen LogP contribution in [-0.4, -0.2) is 163 Å². The van der Waals surface area contributed by atoms with Gasteiger partial charge < -0.3 is 83.9 Å². The highest BCUT2D eigenvalue weighted by atomic mass is 16.8. The van der Waals surface area contributed by atoms with Crippen molar-refractivity contribution in [1.29, 1.82) is 0 Å². The van der Waals surface area contributed by atoms with Crippen molar-refractivity contribution in [2.24, 2.45) is 0 Å². The average molecular weight is 663 g/mol. The highest BCUT2D eigenvalue weighted by molar-refractivity contribution is 5.81. The zero-order valence-electron chi connectivity index (χ0n) is 24.3. The molecule has 1 aromatic carbocycles. The van der Waals surface area contributed by atoms with Gasteiger partial charge in [-0.2, -0.15) is 0 Å². The van der Waals surface area contributed by atoms with E-state index in [9.17, 15) is 55.9 Å². The molecule has 3 aliphatic heterocycles. The summed E-state index contributed by atoms with van der Waals surface area (Å²) in [6.45, 7) is -0.660. The maximum absolute atomic E-state index is 11.8. The molecule has 46 heavy (non-hydrogen) atoms. The fraction of sp³-hybridized carbons (Fsp3) is 0.679. The van der Waals surface area contributed by atoms with Gasteiger partial charge in [0.15, 0.2) is 12.6 Å². The summed E-state index contributed by atoms with van der Waals surface area (Å²) in [5.41, 5.74) is 0.241. The summed E-state index contributed by atoms with van der Waals surface area (Å²) in [4.78, 5) is 11.8. The van der Waals surface area contributed by atoms with Crippen LogP contribution < -0.4 is 10.4 Å². The van der Waals surface area contributed by atoms with Gasteiger partial charge in [0.2, 0.25) is 6.29 Å². The third kappa shape index (κ3) is 6.79. The lowest BCUT2D eigenvalue weighted by molar-refractivity contribution is -0.376. The standard InChI is InChI=1S/C28H38O18/c1-9-4-16(32)41-12-5-10(2-3-11(9)12)40-28-23(39)25(18(34)14(7-30)43-28)46-27-22(38)20(36)24(15(8-31)44-27)45-26-21(37)19(35)17(33)13(6-29)42-26/h2-5,13-15,17-31,33-39H,6-8H2,1H3/t13-,14-,15-,17-,18-,19+,20-,21-,22-,23-,24-,25+,26+,27+,28-/m1/s1. The molecule has 0 unspecified atom stereocenters. The first-order chi connectivity index (χ1) is 21.9. The largest absolute Gasteiger partial charge is 0.462 e. The second-order valence-corrected chi connectivity index (χ2v) is 11.3. The van der Waals surface area contributed by atoms with E-state index in [4.69, 9.17) is 32.8 Å². The van der Waals surface area contributed by atoms with Gasteiger partial charge in [-0.05, 0) is 24.6 Å². The van der Waals surface area contributed by atoms with Crippen molar-refractivity contribution in [2.75, 3.05) is 19.8 Å². The van der Waals surface area contributed by atoms with Gasteiger partial charge in [0.05, 0.1) is 19.8 Å². The molecular formula is C28H38O18. The van der Waals surface area contributed by atoms with Crippen molar-refractivity contribution in [1.82, 2.24) is 0 Å². The van der Waals surface area contributed by atoms with Crippen LogP contribution in [0.1, 0.15) is 5.56 Å². The molecule has 18 nitrogen and oxygen atoms in total. The van der Waals surface area contributed by atoms with E-state index in [1.165, 1.54) is 18.2 Å². The number of aryl methyl sites for hydroxylation is 1. The number of rotatable bonds is 9. The van der Waals surface area contributed by atoms with E-state index in [1.807, 2.05) is 0 Å².